The predicted molar refractivity (Wildman–Crippen MR) is 136 cm³/mol. The molecule has 1 atom stereocenters. The lowest BCUT2D eigenvalue weighted by Crippen LogP contribution is -2.31. The number of allylic oxidation sites excluding steroid dienone is 1. The molecule has 35 heavy (non-hydrogen) atoms. The Bertz CT molecular complexity index is 1410. The van der Waals surface area contributed by atoms with Crippen molar-refractivity contribution in [2.45, 2.75) is 33.4 Å². The van der Waals surface area contributed by atoms with Gasteiger partial charge in [0.1, 0.15) is 24.7 Å². The monoisotopic (exact) mass is 465 g/mol. The molecule has 2 N–H and O–H groups in total. The highest BCUT2D eigenvalue weighted by molar-refractivity contribution is 6.06. The van der Waals surface area contributed by atoms with Crippen LogP contribution in [-0.4, -0.2) is 20.7 Å². The largest absolute Gasteiger partial charge is 0.489 e. The molecular formula is C28H27N5O2. The van der Waals surface area contributed by atoms with Crippen LogP contribution in [0.5, 0.6) is 5.75 Å². The Hall–Kier alpha value is -4.39. The summed E-state index contributed by atoms with van der Waals surface area (Å²) in [4.78, 5) is 18.0. The first-order valence-electron chi connectivity index (χ1n) is 11.5. The summed E-state index contributed by atoms with van der Waals surface area (Å²) in [6.45, 7) is 6.37. The quantitative estimate of drug-likeness (QED) is 0.398. The SMILES string of the molecule is CC1=C(C(=O)Nc2ccc(C)cc2C)[C@@H](c2cccc(OCc3ccccc3)c2)n2ncnc2N1. The second-order valence-corrected chi connectivity index (χ2v) is 8.71. The second kappa shape index (κ2) is 9.46. The van der Waals surface area contributed by atoms with Crippen molar-refractivity contribution in [1.82, 2.24) is 14.8 Å². The van der Waals surface area contributed by atoms with Crippen LogP contribution in [0.2, 0.25) is 0 Å². The number of carbonyl (C=O) groups excluding carboxylic acids is 1. The van der Waals surface area contributed by atoms with E-state index in [2.05, 4.69) is 26.8 Å². The predicted octanol–water partition coefficient (Wildman–Crippen LogP) is 5.40. The van der Waals surface area contributed by atoms with E-state index in [0.29, 0.717) is 18.1 Å². The Morgan fingerprint density at radius 1 is 1.03 bits per heavy atom. The molecule has 0 saturated carbocycles. The highest BCUT2D eigenvalue weighted by Gasteiger charge is 2.33. The fraction of sp³-hybridized carbons (Fsp3) is 0.179. The van der Waals surface area contributed by atoms with Gasteiger partial charge in [0.05, 0.1) is 5.57 Å². The van der Waals surface area contributed by atoms with Crippen molar-refractivity contribution in [2.75, 3.05) is 10.6 Å². The molecule has 1 amide bonds. The summed E-state index contributed by atoms with van der Waals surface area (Å²) < 4.78 is 7.80. The van der Waals surface area contributed by atoms with Crippen molar-refractivity contribution in [3.8, 4) is 5.75 Å². The van der Waals surface area contributed by atoms with Crippen molar-refractivity contribution in [1.29, 1.82) is 0 Å². The third-order valence-electron chi connectivity index (χ3n) is 6.09. The molecule has 4 aromatic rings. The number of rotatable bonds is 6. The lowest BCUT2D eigenvalue weighted by atomic mass is 9.94. The number of hydrogen-bond acceptors (Lipinski definition) is 5. The third kappa shape index (κ3) is 4.66. The summed E-state index contributed by atoms with van der Waals surface area (Å²) in [5.74, 6) is 1.12. The summed E-state index contributed by atoms with van der Waals surface area (Å²) >= 11 is 0. The lowest BCUT2D eigenvalue weighted by molar-refractivity contribution is -0.113. The van der Waals surface area contributed by atoms with Crippen LogP contribution in [0.25, 0.3) is 0 Å². The zero-order valence-electron chi connectivity index (χ0n) is 19.9. The zero-order valence-corrected chi connectivity index (χ0v) is 19.9. The number of ether oxygens (including phenoxy) is 1. The fourth-order valence-corrected chi connectivity index (χ4v) is 4.35. The maximum Gasteiger partial charge on any atom is 0.255 e. The Labute approximate surface area is 204 Å². The lowest BCUT2D eigenvalue weighted by Gasteiger charge is -2.29. The summed E-state index contributed by atoms with van der Waals surface area (Å²) in [5, 5.41) is 10.7. The van der Waals surface area contributed by atoms with Crippen LogP contribution < -0.4 is 15.4 Å². The van der Waals surface area contributed by atoms with E-state index < -0.39 is 6.04 Å². The topological polar surface area (TPSA) is 81.1 Å². The molecule has 0 radical (unpaired) electrons. The third-order valence-corrected chi connectivity index (χ3v) is 6.09. The molecule has 2 heterocycles. The van der Waals surface area contributed by atoms with Crippen LogP contribution in [0.15, 0.2) is 90.4 Å². The molecule has 1 aliphatic heterocycles. The molecule has 176 valence electrons. The van der Waals surface area contributed by atoms with E-state index in [1.165, 1.54) is 6.33 Å². The van der Waals surface area contributed by atoms with Gasteiger partial charge >= 0.3 is 0 Å². The molecule has 0 bridgehead atoms. The normalized spacial score (nSPS) is 14.8. The maximum atomic E-state index is 13.6. The van der Waals surface area contributed by atoms with Crippen LogP contribution in [0.4, 0.5) is 11.6 Å². The Morgan fingerprint density at radius 3 is 2.66 bits per heavy atom. The highest BCUT2D eigenvalue weighted by Crippen LogP contribution is 2.36. The minimum atomic E-state index is -0.459. The standard InChI is InChI=1S/C28H27N5O2/c1-18-12-13-24(19(2)14-18)32-27(34)25-20(3)31-28-29-17-30-33(28)26(25)22-10-7-11-23(15-22)35-16-21-8-5-4-6-9-21/h4-15,17,26H,16H2,1-3H3,(H,32,34)(H,29,30,31)/t26-/m1/s1. The number of fused-ring (bicyclic) bond motifs is 1. The molecule has 0 fully saturated rings. The minimum Gasteiger partial charge on any atom is -0.489 e. The van der Waals surface area contributed by atoms with E-state index in [-0.39, 0.29) is 5.91 Å². The molecular weight excluding hydrogens is 438 g/mol. The number of nitrogens with zero attached hydrogens (tertiary/aromatic N) is 3. The molecule has 3 aromatic carbocycles. The summed E-state index contributed by atoms with van der Waals surface area (Å²) in [5.41, 5.74) is 6.21. The first kappa shape index (κ1) is 22.4. The molecule has 7 nitrogen and oxygen atoms in total. The molecule has 1 aromatic heterocycles. The highest BCUT2D eigenvalue weighted by atomic mass is 16.5. The summed E-state index contributed by atoms with van der Waals surface area (Å²) in [6, 6.07) is 23.3. The van der Waals surface area contributed by atoms with E-state index in [4.69, 9.17) is 4.74 Å². The van der Waals surface area contributed by atoms with Gasteiger partial charge in [0.2, 0.25) is 5.95 Å². The van der Waals surface area contributed by atoms with E-state index in [1.54, 1.807) is 4.68 Å². The zero-order chi connectivity index (χ0) is 24.4. The molecule has 0 aliphatic carbocycles. The van der Waals surface area contributed by atoms with Gasteiger partial charge in [-0.3, -0.25) is 4.79 Å². The van der Waals surface area contributed by atoms with Gasteiger partial charge in [-0.15, -0.1) is 0 Å². The Morgan fingerprint density at radius 2 is 1.86 bits per heavy atom. The van der Waals surface area contributed by atoms with Crippen molar-refractivity contribution < 1.29 is 9.53 Å². The molecule has 7 heteroatoms. The number of benzene rings is 3. The number of nitrogens with one attached hydrogen (secondary N) is 2. The van der Waals surface area contributed by atoms with Gasteiger partial charge < -0.3 is 15.4 Å². The molecule has 1 aliphatic rings. The fourth-order valence-electron chi connectivity index (χ4n) is 4.35. The van der Waals surface area contributed by atoms with Gasteiger partial charge in [0.25, 0.3) is 5.91 Å². The van der Waals surface area contributed by atoms with Crippen LogP contribution >= 0.6 is 0 Å². The first-order chi connectivity index (χ1) is 17.0. The smallest absolute Gasteiger partial charge is 0.255 e. The second-order valence-electron chi connectivity index (χ2n) is 8.71. The van der Waals surface area contributed by atoms with Crippen molar-refractivity contribution in [2.24, 2.45) is 0 Å². The maximum absolute atomic E-state index is 13.6. The van der Waals surface area contributed by atoms with Gasteiger partial charge in [-0.1, -0.05) is 60.2 Å². The van der Waals surface area contributed by atoms with Crippen molar-refractivity contribution in [3.05, 3.63) is 113 Å². The van der Waals surface area contributed by atoms with E-state index in [9.17, 15) is 4.79 Å². The number of aryl methyl sites for hydroxylation is 2. The van der Waals surface area contributed by atoms with Crippen LogP contribution in [0, 0.1) is 13.8 Å². The number of carbonyl (C=O) groups is 1. The van der Waals surface area contributed by atoms with E-state index in [0.717, 1.165) is 39.4 Å². The average molecular weight is 466 g/mol. The van der Waals surface area contributed by atoms with Gasteiger partial charge in [-0.25, -0.2) is 4.68 Å². The Kier molecular flexibility index (Phi) is 6.06. The van der Waals surface area contributed by atoms with Crippen LogP contribution in [0.1, 0.15) is 35.2 Å². The molecule has 0 unspecified atom stereocenters. The number of anilines is 2. The molecule has 0 saturated heterocycles. The number of amides is 1. The van der Waals surface area contributed by atoms with E-state index in [1.807, 2.05) is 87.5 Å². The van der Waals surface area contributed by atoms with Crippen LogP contribution in [-0.2, 0) is 11.4 Å². The minimum absolute atomic E-state index is 0.191. The first-order valence-corrected chi connectivity index (χ1v) is 11.5. The van der Waals surface area contributed by atoms with Gasteiger partial charge in [-0.2, -0.15) is 10.1 Å². The molecule has 0 spiro atoms. The molecule has 5 rings (SSSR count). The van der Waals surface area contributed by atoms with Crippen LogP contribution in [0.3, 0.4) is 0 Å². The summed E-state index contributed by atoms with van der Waals surface area (Å²) in [6.07, 6.45) is 1.49. The van der Waals surface area contributed by atoms with Gasteiger partial charge in [0.15, 0.2) is 0 Å². The van der Waals surface area contributed by atoms with Gasteiger partial charge in [0, 0.05) is 11.4 Å². The van der Waals surface area contributed by atoms with Crippen molar-refractivity contribution in [3.63, 3.8) is 0 Å². The average Bonchev–Trinajstić information content (AvgIpc) is 3.32. The number of aromatic nitrogens is 3. The van der Waals surface area contributed by atoms with Gasteiger partial charge in [-0.05, 0) is 55.7 Å². The van der Waals surface area contributed by atoms with Crippen molar-refractivity contribution >= 4 is 17.5 Å². The Balaban J connectivity index is 1.47. The van der Waals surface area contributed by atoms with E-state index >= 15 is 0 Å². The number of hydrogen-bond donors (Lipinski definition) is 2. The summed E-state index contributed by atoms with van der Waals surface area (Å²) in [7, 11) is 0.